The molecule has 0 aliphatic carbocycles. The predicted molar refractivity (Wildman–Crippen MR) is 105 cm³/mol. The highest BCUT2D eigenvalue weighted by atomic mass is 16.5. The Kier molecular flexibility index (Phi) is 4.57. The van der Waals surface area contributed by atoms with Crippen LogP contribution in [0.1, 0.15) is 18.4 Å². The minimum absolute atomic E-state index is 0.153. The van der Waals surface area contributed by atoms with E-state index in [1.165, 1.54) is 13.3 Å². The first-order valence-electron chi connectivity index (χ1n) is 9.00. The number of nitrogens with two attached hydrogens (primary N) is 1. The van der Waals surface area contributed by atoms with Crippen LogP contribution in [0.15, 0.2) is 18.5 Å². The van der Waals surface area contributed by atoms with E-state index in [0.717, 1.165) is 42.7 Å². The summed E-state index contributed by atoms with van der Waals surface area (Å²) in [5.41, 5.74) is 7.19. The van der Waals surface area contributed by atoms with Crippen LogP contribution in [0, 0.1) is 11.3 Å². The van der Waals surface area contributed by atoms with E-state index in [4.69, 9.17) is 15.7 Å². The lowest BCUT2D eigenvalue weighted by molar-refractivity contribution is 0.395. The Hall–Kier alpha value is -3.61. The number of pyridine rings is 1. The minimum atomic E-state index is 0.153. The largest absolute Gasteiger partial charge is 0.480 e. The fourth-order valence-corrected chi connectivity index (χ4v) is 3.50. The number of aromatic nitrogens is 5. The number of nitrogens with one attached hydrogen (secondary N) is 1. The molecule has 10 nitrogen and oxygen atoms in total. The van der Waals surface area contributed by atoms with Gasteiger partial charge >= 0.3 is 0 Å². The molecule has 1 aliphatic rings. The van der Waals surface area contributed by atoms with Gasteiger partial charge in [-0.15, -0.1) is 0 Å². The zero-order valence-corrected chi connectivity index (χ0v) is 15.8. The third-order valence-electron chi connectivity index (χ3n) is 4.90. The molecule has 3 aromatic heterocycles. The molecule has 0 saturated carbocycles. The number of nitriles is 1. The highest BCUT2D eigenvalue weighted by Crippen LogP contribution is 2.26. The van der Waals surface area contributed by atoms with Crippen molar-refractivity contribution in [3.8, 4) is 11.9 Å². The van der Waals surface area contributed by atoms with E-state index >= 15 is 0 Å². The zero-order valence-electron chi connectivity index (χ0n) is 15.8. The first-order valence-corrected chi connectivity index (χ1v) is 9.00. The average Bonchev–Trinajstić information content (AvgIpc) is 3.01. The van der Waals surface area contributed by atoms with Gasteiger partial charge in [0.25, 0.3) is 0 Å². The molecular weight excluding hydrogens is 358 g/mol. The van der Waals surface area contributed by atoms with Gasteiger partial charge in [0.2, 0.25) is 11.8 Å². The van der Waals surface area contributed by atoms with E-state index in [1.807, 2.05) is 19.2 Å². The van der Waals surface area contributed by atoms with Crippen molar-refractivity contribution in [1.29, 1.82) is 5.26 Å². The van der Waals surface area contributed by atoms with Gasteiger partial charge in [0.05, 0.1) is 24.2 Å². The molecular formula is C18H21N9O. The van der Waals surface area contributed by atoms with Crippen molar-refractivity contribution >= 4 is 28.5 Å². The Morgan fingerprint density at radius 2 is 2.21 bits per heavy atom. The molecule has 1 saturated heterocycles. The van der Waals surface area contributed by atoms with E-state index in [1.54, 1.807) is 10.9 Å². The summed E-state index contributed by atoms with van der Waals surface area (Å²) in [6.45, 7) is 1.68. The van der Waals surface area contributed by atoms with Crippen molar-refractivity contribution in [1.82, 2.24) is 24.7 Å². The lowest BCUT2D eigenvalue weighted by Gasteiger charge is -2.34. The fraction of sp³-hybridized carbons (Fsp3) is 0.389. The lowest BCUT2D eigenvalue weighted by Crippen LogP contribution is -2.42. The summed E-state index contributed by atoms with van der Waals surface area (Å²) in [7, 11) is 3.36. The molecule has 1 atom stereocenters. The van der Waals surface area contributed by atoms with Gasteiger partial charge in [0, 0.05) is 38.4 Å². The first-order chi connectivity index (χ1) is 13.6. The Bertz CT molecular complexity index is 1060. The molecule has 0 amide bonds. The Balaban J connectivity index is 1.52. The molecule has 3 N–H and O–H groups in total. The van der Waals surface area contributed by atoms with E-state index in [9.17, 15) is 0 Å². The Morgan fingerprint density at radius 3 is 3.00 bits per heavy atom. The number of hydrogen-bond donors (Lipinski definition) is 2. The standard InChI is InChI=1S/C18H21N9O/c1-26-14-6-15(21-9-13(14)16(20)25-26)27-5-3-4-12(10-27)23-18-22-8-11(7-19)17(24-18)28-2/h6,8-9,12H,3-5,10H2,1-2H3,(H2,20,25)(H,22,23,24). The number of hydrogen-bond acceptors (Lipinski definition) is 9. The second kappa shape index (κ2) is 7.19. The van der Waals surface area contributed by atoms with Gasteiger partial charge in [-0.05, 0) is 12.8 Å². The number of aryl methyl sites for hydroxylation is 1. The number of ether oxygens (including phenoxy) is 1. The summed E-state index contributed by atoms with van der Waals surface area (Å²) in [4.78, 5) is 15.3. The molecule has 1 unspecified atom stereocenters. The molecule has 28 heavy (non-hydrogen) atoms. The number of piperidine rings is 1. The molecule has 3 aromatic rings. The van der Waals surface area contributed by atoms with Crippen LogP contribution in [-0.2, 0) is 7.05 Å². The number of fused-ring (bicyclic) bond motifs is 1. The van der Waals surface area contributed by atoms with Crippen LogP contribution in [0.2, 0.25) is 0 Å². The summed E-state index contributed by atoms with van der Waals surface area (Å²) >= 11 is 0. The number of nitrogen functional groups attached to an aromatic ring is 1. The SMILES string of the molecule is COc1nc(NC2CCCN(c3cc4c(cn3)c(N)nn4C)C2)ncc1C#N. The third kappa shape index (κ3) is 3.22. The minimum Gasteiger partial charge on any atom is -0.480 e. The Labute approximate surface area is 162 Å². The van der Waals surface area contributed by atoms with Gasteiger partial charge in [-0.1, -0.05) is 0 Å². The molecule has 0 spiro atoms. The Morgan fingerprint density at radius 1 is 1.36 bits per heavy atom. The van der Waals surface area contributed by atoms with Gasteiger partial charge in [-0.25, -0.2) is 9.97 Å². The van der Waals surface area contributed by atoms with Crippen LogP contribution in [-0.4, -0.2) is 51.0 Å². The second-order valence-electron chi connectivity index (χ2n) is 6.73. The summed E-state index contributed by atoms with van der Waals surface area (Å²) < 4.78 is 6.93. The number of nitrogens with zero attached hydrogens (tertiary/aromatic N) is 7. The molecule has 0 aromatic carbocycles. The number of anilines is 3. The van der Waals surface area contributed by atoms with Gasteiger partial charge < -0.3 is 20.7 Å². The molecule has 1 fully saturated rings. The molecule has 10 heteroatoms. The van der Waals surface area contributed by atoms with E-state index in [-0.39, 0.29) is 11.9 Å². The number of methoxy groups -OCH3 is 1. The highest BCUT2D eigenvalue weighted by Gasteiger charge is 2.23. The molecule has 144 valence electrons. The van der Waals surface area contributed by atoms with Crippen molar-refractivity contribution in [2.45, 2.75) is 18.9 Å². The van der Waals surface area contributed by atoms with Gasteiger partial charge in [0.15, 0.2) is 5.82 Å². The maximum atomic E-state index is 9.06. The highest BCUT2D eigenvalue weighted by molar-refractivity contribution is 5.89. The van der Waals surface area contributed by atoms with Crippen LogP contribution < -0.4 is 20.7 Å². The van der Waals surface area contributed by atoms with Crippen molar-refractivity contribution < 1.29 is 4.74 Å². The van der Waals surface area contributed by atoms with Crippen molar-refractivity contribution in [2.75, 3.05) is 36.1 Å². The monoisotopic (exact) mass is 379 g/mol. The van der Waals surface area contributed by atoms with Crippen LogP contribution in [0.4, 0.5) is 17.6 Å². The lowest BCUT2D eigenvalue weighted by atomic mass is 10.1. The summed E-state index contributed by atoms with van der Waals surface area (Å²) in [5, 5.41) is 17.5. The molecule has 4 rings (SSSR count). The van der Waals surface area contributed by atoms with Crippen molar-refractivity contribution in [3.05, 3.63) is 24.0 Å². The topological polar surface area (TPSA) is 131 Å². The molecule has 0 radical (unpaired) electrons. The van der Waals surface area contributed by atoms with Crippen molar-refractivity contribution in [3.63, 3.8) is 0 Å². The average molecular weight is 379 g/mol. The first kappa shape index (κ1) is 17.8. The van der Waals surface area contributed by atoms with E-state index in [0.29, 0.717) is 17.3 Å². The van der Waals surface area contributed by atoms with Crippen LogP contribution in [0.5, 0.6) is 5.88 Å². The van der Waals surface area contributed by atoms with Crippen LogP contribution in [0.3, 0.4) is 0 Å². The maximum absolute atomic E-state index is 9.06. The summed E-state index contributed by atoms with van der Waals surface area (Å²) in [6, 6.07) is 4.19. The summed E-state index contributed by atoms with van der Waals surface area (Å²) in [5.74, 6) is 2.10. The fourth-order valence-electron chi connectivity index (χ4n) is 3.50. The maximum Gasteiger partial charge on any atom is 0.236 e. The summed E-state index contributed by atoms with van der Waals surface area (Å²) in [6.07, 6.45) is 5.25. The predicted octanol–water partition coefficient (Wildman–Crippen LogP) is 1.30. The van der Waals surface area contributed by atoms with Crippen LogP contribution in [0.25, 0.3) is 10.9 Å². The molecule has 4 heterocycles. The third-order valence-corrected chi connectivity index (χ3v) is 4.90. The molecule has 1 aliphatic heterocycles. The molecule has 0 bridgehead atoms. The normalized spacial score (nSPS) is 16.8. The van der Waals surface area contributed by atoms with Crippen LogP contribution >= 0.6 is 0 Å². The van der Waals surface area contributed by atoms with E-state index in [2.05, 4.69) is 30.3 Å². The second-order valence-corrected chi connectivity index (χ2v) is 6.73. The smallest absolute Gasteiger partial charge is 0.236 e. The van der Waals surface area contributed by atoms with Gasteiger partial charge in [-0.2, -0.15) is 15.3 Å². The zero-order chi connectivity index (χ0) is 19.7. The van der Waals surface area contributed by atoms with Gasteiger partial charge in [-0.3, -0.25) is 4.68 Å². The van der Waals surface area contributed by atoms with E-state index < -0.39 is 0 Å². The van der Waals surface area contributed by atoms with Gasteiger partial charge in [0.1, 0.15) is 17.5 Å². The van der Waals surface area contributed by atoms with Crippen molar-refractivity contribution in [2.24, 2.45) is 7.05 Å². The quantitative estimate of drug-likeness (QED) is 0.688. The number of rotatable bonds is 4.